The molecule has 3 aromatic carbocycles. The number of carbonyl (C=O) groups excluding carboxylic acids is 2. The molecular weight excluding hydrogens is 436 g/mol. The minimum absolute atomic E-state index is 0.172. The van der Waals surface area contributed by atoms with Gasteiger partial charge in [0.25, 0.3) is 0 Å². The minimum Gasteiger partial charge on any atom is -0.361 e. The van der Waals surface area contributed by atoms with E-state index in [4.69, 9.17) is 5.73 Å². The Balaban J connectivity index is 1.57. The van der Waals surface area contributed by atoms with Crippen LogP contribution in [0, 0.1) is 0 Å². The van der Waals surface area contributed by atoms with Gasteiger partial charge in [0.1, 0.15) is 6.04 Å². The lowest BCUT2D eigenvalue weighted by Gasteiger charge is -2.24. The number of carbonyl (C=O) groups is 2. The Morgan fingerprint density at radius 1 is 0.829 bits per heavy atom. The summed E-state index contributed by atoms with van der Waals surface area (Å²) in [6, 6.07) is 27.0. The number of nitrogens with two attached hydrogens (primary N) is 1. The number of benzene rings is 3. The highest BCUT2D eigenvalue weighted by atomic mass is 16.2. The number of aromatic amines is 1. The molecule has 0 aliphatic carbocycles. The van der Waals surface area contributed by atoms with Gasteiger partial charge in [0.2, 0.25) is 11.8 Å². The van der Waals surface area contributed by atoms with E-state index in [1.165, 1.54) is 0 Å². The van der Waals surface area contributed by atoms with Crippen molar-refractivity contribution in [2.75, 3.05) is 6.54 Å². The number of rotatable bonds is 11. The second kappa shape index (κ2) is 12.0. The van der Waals surface area contributed by atoms with Gasteiger partial charge in [0, 0.05) is 29.9 Å². The van der Waals surface area contributed by atoms with Crippen molar-refractivity contribution in [3.05, 3.63) is 108 Å². The van der Waals surface area contributed by atoms with E-state index in [1.54, 1.807) is 0 Å². The Morgan fingerprint density at radius 3 is 2.26 bits per heavy atom. The average Bonchev–Trinajstić information content (AvgIpc) is 3.30. The fraction of sp³-hybridized carbons (Fsp3) is 0.241. The molecule has 0 bridgehead atoms. The Hall–Kier alpha value is -3.90. The van der Waals surface area contributed by atoms with Gasteiger partial charge in [0.15, 0.2) is 0 Å². The van der Waals surface area contributed by atoms with Crippen LogP contribution >= 0.6 is 0 Å². The van der Waals surface area contributed by atoms with E-state index in [2.05, 4.69) is 27.8 Å². The van der Waals surface area contributed by atoms with Crippen LogP contribution in [0.5, 0.6) is 0 Å². The van der Waals surface area contributed by atoms with Crippen molar-refractivity contribution in [3.8, 4) is 0 Å². The van der Waals surface area contributed by atoms with Gasteiger partial charge in [-0.25, -0.2) is 0 Å². The fourth-order valence-electron chi connectivity index (χ4n) is 4.32. The summed E-state index contributed by atoms with van der Waals surface area (Å²) in [6.45, 7) is 0.430. The predicted molar refractivity (Wildman–Crippen MR) is 140 cm³/mol. The third-order valence-corrected chi connectivity index (χ3v) is 6.16. The molecule has 0 spiro atoms. The number of aromatic nitrogens is 1. The van der Waals surface area contributed by atoms with E-state index in [9.17, 15) is 9.59 Å². The maximum Gasteiger partial charge on any atom is 0.243 e. The molecule has 0 fully saturated rings. The van der Waals surface area contributed by atoms with Crippen LogP contribution in [0.2, 0.25) is 0 Å². The number of H-pyrrole nitrogens is 1. The molecule has 5 N–H and O–H groups in total. The van der Waals surface area contributed by atoms with Crippen molar-refractivity contribution in [1.29, 1.82) is 0 Å². The monoisotopic (exact) mass is 468 g/mol. The summed E-state index contributed by atoms with van der Waals surface area (Å²) >= 11 is 0. The van der Waals surface area contributed by atoms with E-state index in [0.717, 1.165) is 27.6 Å². The first-order valence-corrected chi connectivity index (χ1v) is 12.1. The van der Waals surface area contributed by atoms with Gasteiger partial charge in [-0.3, -0.25) is 9.59 Å². The van der Waals surface area contributed by atoms with Crippen LogP contribution in [0.15, 0.2) is 91.1 Å². The lowest BCUT2D eigenvalue weighted by atomic mass is 9.97. The Bertz CT molecular complexity index is 1240. The summed E-state index contributed by atoms with van der Waals surface area (Å²) in [7, 11) is 0. The van der Waals surface area contributed by atoms with E-state index in [0.29, 0.717) is 32.2 Å². The summed E-state index contributed by atoms with van der Waals surface area (Å²) < 4.78 is 0. The van der Waals surface area contributed by atoms with Crippen LogP contribution in [0.4, 0.5) is 0 Å². The molecule has 180 valence electrons. The predicted octanol–water partition coefficient (Wildman–Crippen LogP) is 4.03. The third-order valence-electron chi connectivity index (χ3n) is 6.16. The summed E-state index contributed by atoms with van der Waals surface area (Å²) in [5.41, 5.74) is 9.71. The average molecular weight is 469 g/mol. The van der Waals surface area contributed by atoms with Crippen LogP contribution in [0.3, 0.4) is 0 Å². The van der Waals surface area contributed by atoms with E-state index in [1.807, 2.05) is 79.0 Å². The lowest BCUT2D eigenvalue weighted by molar-refractivity contribution is -0.129. The van der Waals surface area contributed by atoms with Gasteiger partial charge in [-0.1, -0.05) is 78.9 Å². The molecule has 2 unspecified atom stereocenters. The maximum absolute atomic E-state index is 13.6. The molecule has 1 aromatic heterocycles. The molecule has 4 aromatic rings. The number of para-hydroxylation sites is 1. The zero-order valence-electron chi connectivity index (χ0n) is 19.7. The molecule has 0 radical (unpaired) electrons. The molecule has 6 nitrogen and oxygen atoms in total. The second-order valence-electron chi connectivity index (χ2n) is 8.74. The SMILES string of the molecule is NCCCC(=O)NC(Cc1c[nH]c2ccccc12)C(=O)NC(Cc1ccccc1)c1ccccc1. The van der Waals surface area contributed by atoms with Crippen molar-refractivity contribution < 1.29 is 9.59 Å². The van der Waals surface area contributed by atoms with E-state index < -0.39 is 6.04 Å². The highest BCUT2D eigenvalue weighted by Crippen LogP contribution is 2.21. The highest BCUT2D eigenvalue weighted by Gasteiger charge is 2.25. The van der Waals surface area contributed by atoms with E-state index in [-0.39, 0.29) is 17.9 Å². The molecule has 0 aliphatic heterocycles. The van der Waals surface area contributed by atoms with Gasteiger partial charge in [-0.15, -0.1) is 0 Å². The Morgan fingerprint density at radius 2 is 1.51 bits per heavy atom. The summed E-state index contributed by atoms with van der Waals surface area (Å²) in [5.74, 6) is -0.379. The largest absolute Gasteiger partial charge is 0.361 e. The molecule has 2 amide bonds. The molecule has 4 rings (SSSR count). The van der Waals surface area contributed by atoms with Crippen molar-refractivity contribution in [3.63, 3.8) is 0 Å². The fourth-order valence-corrected chi connectivity index (χ4v) is 4.32. The van der Waals surface area contributed by atoms with Gasteiger partial charge in [-0.2, -0.15) is 0 Å². The van der Waals surface area contributed by atoms with Gasteiger partial charge >= 0.3 is 0 Å². The van der Waals surface area contributed by atoms with Crippen molar-refractivity contribution in [1.82, 2.24) is 15.6 Å². The summed E-state index contributed by atoms with van der Waals surface area (Å²) in [6.07, 6.45) is 3.82. The maximum atomic E-state index is 13.6. The van der Waals surface area contributed by atoms with Crippen LogP contribution < -0.4 is 16.4 Å². The molecule has 2 atom stereocenters. The first-order chi connectivity index (χ1) is 17.1. The quantitative estimate of drug-likeness (QED) is 0.267. The number of nitrogens with one attached hydrogen (secondary N) is 3. The van der Waals surface area contributed by atoms with Gasteiger partial charge < -0.3 is 21.4 Å². The minimum atomic E-state index is -0.707. The topological polar surface area (TPSA) is 100 Å². The molecule has 0 aliphatic rings. The van der Waals surface area contributed by atoms with Crippen molar-refractivity contribution in [2.24, 2.45) is 5.73 Å². The molecule has 6 heteroatoms. The zero-order chi connectivity index (χ0) is 24.5. The smallest absolute Gasteiger partial charge is 0.243 e. The summed E-state index contributed by atoms with van der Waals surface area (Å²) in [5, 5.41) is 7.22. The van der Waals surface area contributed by atoms with Crippen molar-refractivity contribution in [2.45, 2.75) is 37.8 Å². The third kappa shape index (κ3) is 6.58. The lowest BCUT2D eigenvalue weighted by Crippen LogP contribution is -2.49. The normalized spacial score (nSPS) is 12.7. The van der Waals surface area contributed by atoms with Crippen LogP contribution in [0.25, 0.3) is 10.9 Å². The van der Waals surface area contributed by atoms with Crippen LogP contribution in [-0.4, -0.2) is 29.4 Å². The molecule has 0 saturated carbocycles. The molecule has 1 heterocycles. The van der Waals surface area contributed by atoms with E-state index >= 15 is 0 Å². The van der Waals surface area contributed by atoms with Crippen molar-refractivity contribution >= 4 is 22.7 Å². The zero-order valence-corrected chi connectivity index (χ0v) is 19.7. The highest BCUT2D eigenvalue weighted by molar-refractivity contribution is 5.89. The van der Waals surface area contributed by atoms with Crippen LogP contribution in [0.1, 0.15) is 35.6 Å². The number of fused-ring (bicyclic) bond motifs is 1. The van der Waals surface area contributed by atoms with Crippen LogP contribution in [-0.2, 0) is 22.4 Å². The summed E-state index contributed by atoms with van der Waals surface area (Å²) in [4.78, 5) is 29.5. The first-order valence-electron chi connectivity index (χ1n) is 12.1. The molecule has 35 heavy (non-hydrogen) atoms. The molecule has 0 saturated heterocycles. The van der Waals surface area contributed by atoms with Gasteiger partial charge in [0.05, 0.1) is 6.04 Å². The second-order valence-corrected chi connectivity index (χ2v) is 8.74. The number of hydrogen-bond acceptors (Lipinski definition) is 3. The first kappa shape index (κ1) is 24.2. The Kier molecular flexibility index (Phi) is 8.30. The van der Waals surface area contributed by atoms with Gasteiger partial charge in [-0.05, 0) is 42.1 Å². The molecular formula is C29H32N4O2. The number of hydrogen-bond donors (Lipinski definition) is 4. The standard InChI is InChI=1S/C29H32N4O2/c30-17-9-16-28(34)32-27(19-23-20-31-25-15-8-7-14-24(23)25)29(35)33-26(22-12-5-2-6-13-22)18-21-10-3-1-4-11-21/h1-8,10-15,20,26-27,31H,9,16-19,30H2,(H,32,34)(H,33,35). The Labute approximate surface area is 205 Å². The number of amides is 2.